The van der Waals surface area contributed by atoms with Gasteiger partial charge < -0.3 is 4.90 Å². The summed E-state index contributed by atoms with van der Waals surface area (Å²) in [6, 6.07) is 22.4. The van der Waals surface area contributed by atoms with E-state index >= 15 is 0 Å². The van der Waals surface area contributed by atoms with Gasteiger partial charge in [0.1, 0.15) is 0 Å². The molecule has 4 rings (SSSR count). The van der Waals surface area contributed by atoms with Crippen LogP contribution in [0, 0.1) is 27.3 Å². The standard InChI is InChI=1S/C14H11N.C13H18N.2ClH.Ru/c1-12-7-5-6-10-14(12)15-11-13-8-3-2-4-9-13;1-10-8-11(2)13(12(3)9-10)14-6-4-5-7-14;;;/h1-11H;6,8-9H,4-5,7H2,1-3H3;2*1H;/q;-1;;;+2/p-2. The predicted molar refractivity (Wildman–Crippen MR) is 139 cm³/mol. The molecule has 0 aromatic heterocycles. The molecule has 0 radical (unpaired) electrons. The minimum absolute atomic E-state index is 0.890. The van der Waals surface area contributed by atoms with Crippen LogP contribution in [0.15, 0.2) is 71.7 Å². The van der Waals surface area contributed by atoms with Crippen molar-refractivity contribution in [3.63, 3.8) is 0 Å². The molecule has 1 heterocycles. The van der Waals surface area contributed by atoms with Gasteiger partial charge in [-0.05, 0) is 38.4 Å². The molecule has 0 aliphatic carbocycles. The monoisotopic (exact) mass is 553 g/mol. The van der Waals surface area contributed by atoms with Gasteiger partial charge in [0.15, 0.2) is 0 Å². The first kappa shape index (κ1) is 24.8. The first-order chi connectivity index (χ1) is 15.4. The van der Waals surface area contributed by atoms with Crippen LogP contribution in [0.1, 0.15) is 40.7 Å². The average Bonchev–Trinajstić information content (AvgIpc) is 3.27. The molecule has 3 aromatic rings. The Morgan fingerprint density at radius 2 is 1.59 bits per heavy atom. The molecule has 0 saturated carbocycles. The van der Waals surface area contributed by atoms with E-state index in [1.54, 1.807) is 0 Å². The third kappa shape index (κ3) is 7.37. The zero-order valence-electron chi connectivity index (χ0n) is 18.7. The summed E-state index contributed by atoms with van der Waals surface area (Å²) in [5.74, 6) is 0. The number of anilines is 1. The topological polar surface area (TPSA) is 15.6 Å². The van der Waals surface area contributed by atoms with Crippen molar-refractivity contribution in [3.05, 3.63) is 101 Å². The number of halogens is 2. The first-order valence-corrected chi connectivity index (χ1v) is 16.1. The van der Waals surface area contributed by atoms with E-state index in [2.05, 4.69) is 49.3 Å². The molecule has 0 bridgehead atoms. The third-order valence-electron chi connectivity index (χ3n) is 5.15. The van der Waals surface area contributed by atoms with Crippen LogP contribution in [0.25, 0.3) is 0 Å². The molecule has 32 heavy (non-hydrogen) atoms. The fourth-order valence-electron chi connectivity index (χ4n) is 3.89. The van der Waals surface area contributed by atoms with Crippen molar-refractivity contribution in [1.82, 2.24) is 0 Å². The van der Waals surface area contributed by atoms with Gasteiger partial charge in [-0.25, -0.2) is 6.54 Å². The Balaban J connectivity index is 0.000000186. The number of hydrogen-bond acceptors (Lipinski definition) is 2. The second kappa shape index (κ2) is 12.4. The summed E-state index contributed by atoms with van der Waals surface area (Å²) >= 11 is -1.82. The van der Waals surface area contributed by atoms with Gasteiger partial charge in [-0.3, -0.25) is 0 Å². The van der Waals surface area contributed by atoms with Crippen LogP contribution in [0.3, 0.4) is 0 Å². The molecule has 1 aliphatic rings. The van der Waals surface area contributed by atoms with Gasteiger partial charge in [0, 0.05) is 5.69 Å². The van der Waals surface area contributed by atoms with Gasteiger partial charge in [-0.2, -0.15) is 6.42 Å². The molecule has 2 nitrogen and oxygen atoms in total. The van der Waals surface area contributed by atoms with E-state index in [0.29, 0.717) is 0 Å². The summed E-state index contributed by atoms with van der Waals surface area (Å²) < 4.78 is 1.91. The summed E-state index contributed by atoms with van der Waals surface area (Å²) in [5.41, 5.74) is 8.55. The second-order valence-corrected chi connectivity index (χ2v) is 13.5. The number of aryl methyl sites for hydroxylation is 3. The molecule has 1 fully saturated rings. The predicted octanol–water partition coefficient (Wildman–Crippen LogP) is 7.89. The Morgan fingerprint density at radius 1 is 0.938 bits per heavy atom. The van der Waals surface area contributed by atoms with Crippen molar-refractivity contribution in [2.24, 2.45) is 4.99 Å². The molecule has 0 atom stereocenters. The molecule has 1 aliphatic heterocycles. The number of para-hydroxylation sites is 1. The molecule has 0 amide bonds. The maximum atomic E-state index is 5.90. The van der Waals surface area contributed by atoms with Crippen LogP contribution in [0.5, 0.6) is 0 Å². The van der Waals surface area contributed by atoms with Crippen LogP contribution in [-0.2, 0) is 13.5 Å². The number of rotatable bonds is 4. The number of benzene rings is 3. The molecule has 0 unspecified atom stereocenters. The van der Waals surface area contributed by atoms with Crippen LogP contribution < -0.4 is 4.90 Å². The van der Waals surface area contributed by atoms with Crippen molar-refractivity contribution in [2.45, 2.75) is 33.6 Å². The summed E-state index contributed by atoms with van der Waals surface area (Å²) in [7, 11) is 11.8. The quantitative estimate of drug-likeness (QED) is 0.182. The van der Waals surface area contributed by atoms with Crippen molar-refractivity contribution in [3.8, 4) is 0 Å². The van der Waals surface area contributed by atoms with Crippen molar-refractivity contribution in [1.29, 1.82) is 0 Å². The third-order valence-corrected chi connectivity index (χ3v) is 6.98. The zero-order chi connectivity index (χ0) is 22.9. The van der Waals surface area contributed by atoms with Gasteiger partial charge in [0.25, 0.3) is 0 Å². The van der Waals surface area contributed by atoms with Crippen LogP contribution in [-0.4, -0.2) is 17.4 Å². The fourth-order valence-corrected chi connectivity index (χ4v) is 5.70. The number of aliphatic imine (C=N–C) groups is 1. The van der Waals surface area contributed by atoms with Crippen LogP contribution in [0.4, 0.5) is 11.4 Å². The molecule has 170 valence electrons. The molecule has 5 heteroatoms. The van der Waals surface area contributed by atoms with Crippen LogP contribution >= 0.6 is 19.4 Å². The Bertz CT molecular complexity index is 1060. The first-order valence-electron chi connectivity index (χ1n) is 10.6. The van der Waals surface area contributed by atoms with Gasteiger partial charge in [-0.1, -0.05) is 24.1 Å². The fraction of sp³-hybridized carbons (Fsp3) is 0.222. The summed E-state index contributed by atoms with van der Waals surface area (Å²) in [6.45, 7) is 10.1. The molecule has 3 aromatic carbocycles. The Hall–Kier alpha value is -1.80. The Labute approximate surface area is 205 Å². The zero-order valence-corrected chi connectivity index (χ0v) is 22.0. The molecule has 0 spiro atoms. The second-order valence-electron chi connectivity index (χ2n) is 7.80. The van der Waals surface area contributed by atoms with E-state index in [1.165, 1.54) is 41.8 Å². The van der Waals surface area contributed by atoms with E-state index in [0.717, 1.165) is 16.8 Å². The SMILES string of the molecule is Cc1cc(C)c(N2[CH-]CCC2)c(C)c1.[Cl][Ru]([Cl])=[CH]c1ccccc1N=Cc1ccccc1. The van der Waals surface area contributed by atoms with Crippen LogP contribution in [0.2, 0.25) is 0 Å². The van der Waals surface area contributed by atoms with E-state index in [9.17, 15) is 0 Å². The van der Waals surface area contributed by atoms with Crippen molar-refractivity contribution < 1.29 is 13.5 Å². The molecular formula is C27H29Cl2N2Ru-. The number of nitrogens with zero attached hydrogens (tertiary/aromatic N) is 2. The normalized spacial score (nSPS) is 13.7. The van der Waals surface area contributed by atoms with E-state index in [4.69, 9.17) is 19.4 Å². The Kier molecular flexibility index (Phi) is 9.66. The van der Waals surface area contributed by atoms with Crippen molar-refractivity contribution >= 4 is 41.6 Å². The van der Waals surface area contributed by atoms with E-state index in [-0.39, 0.29) is 0 Å². The molecular weight excluding hydrogens is 524 g/mol. The number of hydrogen-bond donors (Lipinski definition) is 0. The van der Waals surface area contributed by atoms with Gasteiger partial charge >= 0.3 is 120 Å². The summed E-state index contributed by atoms with van der Waals surface area (Å²) in [5, 5.41) is 0. The maximum absolute atomic E-state index is 5.90. The van der Waals surface area contributed by atoms with Gasteiger partial charge in [0.2, 0.25) is 0 Å². The molecule has 1 saturated heterocycles. The summed E-state index contributed by atoms with van der Waals surface area (Å²) in [6.07, 6.45) is 4.37. The summed E-state index contributed by atoms with van der Waals surface area (Å²) in [4.78, 5) is 6.89. The van der Waals surface area contributed by atoms with E-state index in [1.807, 2.05) is 65.4 Å². The van der Waals surface area contributed by atoms with Crippen molar-refractivity contribution in [2.75, 3.05) is 11.4 Å². The average molecular weight is 554 g/mol. The van der Waals surface area contributed by atoms with Gasteiger partial charge in [0.05, 0.1) is 0 Å². The van der Waals surface area contributed by atoms with E-state index < -0.39 is 13.5 Å². The molecule has 0 N–H and O–H groups in total. The minimum atomic E-state index is -1.82. The van der Waals surface area contributed by atoms with Gasteiger partial charge in [-0.15, -0.1) is 0 Å². The Morgan fingerprint density at radius 3 is 2.22 bits per heavy atom.